The molecule has 0 aromatic heterocycles. The largest absolute Gasteiger partial charge is 0.426 e. The quantitative estimate of drug-likeness (QED) is 0.565. The van der Waals surface area contributed by atoms with Gasteiger partial charge in [0.25, 0.3) is 0 Å². The molecule has 1 rings (SSSR count). The van der Waals surface area contributed by atoms with Crippen LogP contribution in [0.25, 0.3) is 0 Å². The van der Waals surface area contributed by atoms with Crippen LogP contribution >= 0.6 is 0 Å². The number of rotatable bonds is 2. The fraction of sp³-hybridized carbons (Fsp3) is 0.385. The molecule has 0 radical (unpaired) electrons. The van der Waals surface area contributed by atoms with Gasteiger partial charge in [0.15, 0.2) is 0 Å². The third kappa shape index (κ3) is 4.14. The Kier molecular flexibility index (Phi) is 3.68. The maximum atomic E-state index is 11.5. The van der Waals surface area contributed by atoms with Gasteiger partial charge >= 0.3 is 5.97 Å². The maximum Gasteiger partial charge on any atom is 0.311 e. The molecule has 1 aromatic carbocycles. The highest BCUT2D eigenvalue weighted by atomic mass is 16.5. The van der Waals surface area contributed by atoms with Crippen LogP contribution in [0.4, 0.5) is 0 Å². The van der Waals surface area contributed by atoms with Gasteiger partial charge in [-0.05, 0) is 23.6 Å². The molecule has 84 valence electrons. The van der Waals surface area contributed by atoms with Gasteiger partial charge in [-0.1, -0.05) is 26.8 Å². The summed E-state index contributed by atoms with van der Waals surface area (Å²) in [4.78, 5) is 11.5. The van der Waals surface area contributed by atoms with E-state index in [1.54, 1.807) is 24.3 Å². The summed E-state index contributed by atoms with van der Waals surface area (Å²) in [6.07, 6.45) is 0.351. The first-order chi connectivity index (χ1) is 7.40. The lowest BCUT2D eigenvalue weighted by Gasteiger charge is -2.16. The molecule has 0 heterocycles. The molecule has 3 heteroatoms. The van der Waals surface area contributed by atoms with Crippen molar-refractivity contribution >= 4 is 5.97 Å². The van der Waals surface area contributed by atoms with Gasteiger partial charge < -0.3 is 4.74 Å². The minimum absolute atomic E-state index is 0.0933. The zero-order chi connectivity index (χ0) is 12.2. The number of carbonyl (C=O) groups excluding carboxylic acids is 1. The van der Waals surface area contributed by atoms with Crippen LogP contribution in [0.15, 0.2) is 24.3 Å². The number of benzene rings is 1. The summed E-state index contributed by atoms with van der Waals surface area (Å²) < 4.78 is 5.14. The number of hydrogen-bond donors (Lipinski definition) is 0. The molecule has 0 N–H and O–H groups in total. The Morgan fingerprint density at radius 1 is 1.44 bits per heavy atom. The molecule has 0 aliphatic heterocycles. The van der Waals surface area contributed by atoms with Crippen molar-refractivity contribution in [1.82, 2.24) is 0 Å². The standard InChI is InChI=1S/C13H15NO2/c1-13(2,3)8-12(15)16-11-6-4-5-10(7-11)9-14/h4-7H,8H2,1-3H3. The van der Waals surface area contributed by atoms with Crippen LogP contribution in [0.1, 0.15) is 32.8 Å². The van der Waals surface area contributed by atoms with Crippen molar-refractivity contribution in [3.05, 3.63) is 29.8 Å². The molecule has 0 saturated heterocycles. The Morgan fingerprint density at radius 2 is 2.12 bits per heavy atom. The number of ether oxygens (including phenoxy) is 1. The van der Waals surface area contributed by atoms with Gasteiger partial charge in [0.1, 0.15) is 5.75 Å². The fourth-order valence-corrected chi connectivity index (χ4v) is 1.23. The van der Waals surface area contributed by atoms with Crippen molar-refractivity contribution in [3.63, 3.8) is 0 Å². The number of carbonyl (C=O) groups is 1. The molecule has 0 atom stereocenters. The highest BCUT2D eigenvalue weighted by molar-refractivity contribution is 5.73. The number of nitrogens with zero attached hydrogens (tertiary/aromatic N) is 1. The van der Waals surface area contributed by atoms with Crippen LogP contribution in [0.2, 0.25) is 0 Å². The Balaban J connectivity index is 2.67. The third-order valence-corrected chi connectivity index (χ3v) is 1.87. The molecule has 0 spiro atoms. The second kappa shape index (κ2) is 4.80. The minimum atomic E-state index is -0.275. The van der Waals surface area contributed by atoms with Gasteiger partial charge in [0, 0.05) is 0 Å². The van der Waals surface area contributed by atoms with Crippen molar-refractivity contribution in [2.45, 2.75) is 27.2 Å². The summed E-state index contributed by atoms with van der Waals surface area (Å²) in [5, 5.41) is 8.69. The molecule has 0 aliphatic carbocycles. The molecule has 0 unspecified atom stereocenters. The molecule has 0 saturated carbocycles. The first-order valence-electron chi connectivity index (χ1n) is 5.11. The van der Waals surface area contributed by atoms with Gasteiger partial charge in [0.2, 0.25) is 0 Å². The summed E-state index contributed by atoms with van der Waals surface area (Å²) >= 11 is 0. The van der Waals surface area contributed by atoms with Crippen molar-refractivity contribution in [2.24, 2.45) is 5.41 Å². The third-order valence-electron chi connectivity index (χ3n) is 1.87. The predicted octanol–water partition coefficient (Wildman–Crippen LogP) is 2.90. The van der Waals surface area contributed by atoms with E-state index in [1.165, 1.54) is 0 Å². The monoisotopic (exact) mass is 217 g/mol. The normalized spacial score (nSPS) is 10.6. The van der Waals surface area contributed by atoms with Gasteiger partial charge in [-0.3, -0.25) is 4.79 Å². The number of hydrogen-bond acceptors (Lipinski definition) is 3. The molecular weight excluding hydrogens is 202 g/mol. The van der Waals surface area contributed by atoms with Crippen molar-refractivity contribution in [2.75, 3.05) is 0 Å². The average Bonchev–Trinajstić information content (AvgIpc) is 2.15. The van der Waals surface area contributed by atoms with E-state index in [0.29, 0.717) is 17.7 Å². The van der Waals surface area contributed by atoms with Gasteiger partial charge in [-0.15, -0.1) is 0 Å². The molecular formula is C13H15NO2. The van der Waals surface area contributed by atoms with Crippen molar-refractivity contribution in [1.29, 1.82) is 5.26 Å². The molecule has 1 aromatic rings. The van der Waals surface area contributed by atoms with Crippen LogP contribution < -0.4 is 4.74 Å². The summed E-state index contributed by atoms with van der Waals surface area (Å²) in [6.45, 7) is 5.92. The molecule has 0 fully saturated rings. The molecule has 0 aliphatic rings. The van der Waals surface area contributed by atoms with Crippen LogP contribution in [0, 0.1) is 16.7 Å². The fourth-order valence-electron chi connectivity index (χ4n) is 1.23. The Bertz CT molecular complexity index is 424. The molecule has 3 nitrogen and oxygen atoms in total. The summed E-state index contributed by atoms with van der Waals surface area (Å²) in [7, 11) is 0. The summed E-state index contributed by atoms with van der Waals surface area (Å²) in [5.41, 5.74) is 0.394. The van der Waals surface area contributed by atoms with E-state index in [1.807, 2.05) is 26.8 Å². The van der Waals surface area contributed by atoms with E-state index in [0.717, 1.165) is 0 Å². The van der Waals surface area contributed by atoms with Crippen molar-refractivity contribution in [3.8, 4) is 11.8 Å². The van der Waals surface area contributed by atoms with Crippen LogP contribution in [-0.4, -0.2) is 5.97 Å². The maximum absolute atomic E-state index is 11.5. The van der Waals surface area contributed by atoms with Crippen LogP contribution in [0.5, 0.6) is 5.75 Å². The minimum Gasteiger partial charge on any atom is -0.426 e. The lowest BCUT2D eigenvalue weighted by atomic mass is 9.92. The number of nitriles is 1. The number of esters is 1. The summed E-state index contributed by atoms with van der Waals surface area (Å²) in [5.74, 6) is 0.149. The highest BCUT2D eigenvalue weighted by Gasteiger charge is 2.17. The molecule has 0 bridgehead atoms. The van der Waals surface area contributed by atoms with E-state index in [9.17, 15) is 4.79 Å². The average molecular weight is 217 g/mol. The lowest BCUT2D eigenvalue weighted by molar-refractivity contribution is -0.136. The predicted molar refractivity (Wildman–Crippen MR) is 60.9 cm³/mol. The van der Waals surface area contributed by atoms with Gasteiger partial charge in [0.05, 0.1) is 18.1 Å². The second-order valence-electron chi connectivity index (χ2n) is 4.85. The summed E-state index contributed by atoms with van der Waals surface area (Å²) in [6, 6.07) is 8.58. The smallest absolute Gasteiger partial charge is 0.311 e. The zero-order valence-corrected chi connectivity index (χ0v) is 9.78. The van der Waals surface area contributed by atoms with E-state index < -0.39 is 0 Å². The topological polar surface area (TPSA) is 50.1 Å². The first kappa shape index (κ1) is 12.3. The highest BCUT2D eigenvalue weighted by Crippen LogP contribution is 2.20. The van der Waals surface area contributed by atoms with Crippen LogP contribution in [-0.2, 0) is 4.79 Å². The first-order valence-corrected chi connectivity index (χ1v) is 5.11. The van der Waals surface area contributed by atoms with Gasteiger partial charge in [-0.25, -0.2) is 0 Å². The van der Waals surface area contributed by atoms with Crippen LogP contribution in [0.3, 0.4) is 0 Å². The Morgan fingerprint density at radius 3 is 2.69 bits per heavy atom. The van der Waals surface area contributed by atoms with E-state index in [-0.39, 0.29) is 11.4 Å². The van der Waals surface area contributed by atoms with E-state index in [2.05, 4.69) is 0 Å². The second-order valence-corrected chi connectivity index (χ2v) is 4.85. The molecule has 0 amide bonds. The van der Waals surface area contributed by atoms with E-state index >= 15 is 0 Å². The lowest BCUT2D eigenvalue weighted by Crippen LogP contribution is -2.17. The molecule has 16 heavy (non-hydrogen) atoms. The van der Waals surface area contributed by atoms with E-state index in [4.69, 9.17) is 10.00 Å². The Labute approximate surface area is 95.7 Å². The zero-order valence-electron chi connectivity index (χ0n) is 9.78. The van der Waals surface area contributed by atoms with Crippen molar-refractivity contribution < 1.29 is 9.53 Å². The Hall–Kier alpha value is -1.82. The van der Waals surface area contributed by atoms with Gasteiger partial charge in [-0.2, -0.15) is 5.26 Å². The SMILES string of the molecule is CC(C)(C)CC(=O)Oc1cccc(C#N)c1.